The Hall–Kier alpha value is -3.71. The number of benzene rings is 3. The topological polar surface area (TPSA) is 65.0 Å². The summed E-state index contributed by atoms with van der Waals surface area (Å²) in [5, 5.41) is 3.24. The van der Waals surface area contributed by atoms with E-state index in [2.05, 4.69) is 10.3 Å². The largest absolute Gasteiger partial charge is 0.378 e. The Morgan fingerprint density at radius 3 is 2.47 bits per heavy atom. The summed E-state index contributed by atoms with van der Waals surface area (Å²) in [4.78, 5) is 34.0. The van der Waals surface area contributed by atoms with Gasteiger partial charge in [0.15, 0.2) is 0 Å². The third-order valence-electron chi connectivity index (χ3n) is 5.55. The number of carbonyl (C=O) groups excluding carboxylic acids is 2. The number of aliphatic imine (C=N–C) groups is 1. The molecule has 8 heteroatoms. The summed E-state index contributed by atoms with van der Waals surface area (Å²) in [5.74, 6) is -1.19. The van der Waals surface area contributed by atoms with E-state index in [9.17, 15) is 14.0 Å². The second-order valence-electron chi connectivity index (χ2n) is 8.21. The number of amides is 2. The van der Waals surface area contributed by atoms with Crippen LogP contribution in [0.5, 0.6) is 0 Å². The van der Waals surface area contributed by atoms with Crippen LogP contribution in [-0.2, 0) is 9.59 Å². The van der Waals surface area contributed by atoms with E-state index in [1.54, 1.807) is 55.5 Å². The lowest BCUT2D eigenvalue weighted by molar-refractivity contribution is -0.122. The number of benzodiazepines with no additional fused rings is 1. The average molecular weight is 479 g/mol. The molecule has 0 saturated heterocycles. The molecule has 2 amide bonds. The lowest BCUT2D eigenvalue weighted by atomic mass is 9.99. The minimum absolute atomic E-state index is 0.229. The molecular formula is C26H24ClFN4O2. The fourth-order valence-electron chi connectivity index (χ4n) is 3.81. The van der Waals surface area contributed by atoms with Crippen LogP contribution in [0.2, 0.25) is 5.02 Å². The zero-order valence-electron chi connectivity index (χ0n) is 19.0. The molecule has 4 rings (SSSR count). The standard InChI is InChI=1S/C26H24ClFN4O2/c1-16-26(34)32(15-24(33)30-18-9-11-19(12-10-18)31(2)3)23-13-8-17(27)14-21(23)25(29-16)20-6-4-5-7-22(20)28/h4-14,16H,15H2,1-3H3,(H,30,33). The minimum atomic E-state index is -0.826. The Morgan fingerprint density at radius 1 is 1.09 bits per heavy atom. The van der Waals surface area contributed by atoms with Crippen molar-refractivity contribution >= 4 is 46.2 Å². The van der Waals surface area contributed by atoms with E-state index < -0.39 is 11.9 Å². The van der Waals surface area contributed by atoms with Gasteiger partial charge in [-0.05, 0) is 61.5 Å². The zero-order chi connectivity index (χ0) is 24.4. The quantitative estimate of drug-likeness (QED) is 0.575. The van der Waals surface area contributed by atoms with Crippen molar-refractivity contribution in [3.8, 4) is 0 Å². The predicted octanol–water partition coefficient (Wildman–Crippen LogP) is 4.76. The summed E-state index contributed by atoms with van der Waals surface area (Å²) in [6.07, 6.45) is 0. The van der Waals surface area contributed by atoms with Gasteiger partial charge in [0.2, 0.25) is 5.91 Å². The van der Waals surface area contributed by atoms with Crippen molar-refractivity contribution in [2.24, 2.45) is 4.99 Å². The van der Waals surface area contributed by atoms with Crippen molar-refractivity contribution in [3.05, 3.63) is 88.7 Å². The van der Waals surface area contributed by atoms with Crippen LogP contribution in [0.15, 0.2) is 71.7 Å². The molecule has 1 N–H and O–H groups in total. The van der Waals surface area contributed by atoms with Crippen molar-refractivity contribution in [1.29, 1.82) is 0 Å². The summed E-state index contributed by atoms with van der Waals surface area (Å²) < 4.78 is 14.7. The predicted molar refractivity (Wildman–Crippen MR) is 135 cm³/mol. The van der Waals surface area contributed by atoms with E-state index >= 15 is 0 Å². The van der Waals surface area contributed by atoms with E-state index in [0.717, 1.165) is 5.69 Å². The van der Waals surface area contributed by atoms with Crippen LogP contribution in [0.4, 0.5) is 21.5 Å². The normalized spacial score (nSPS) is 15.3. The van der Waals surface area contributed by atoms with Gasteiger partial charge < -0.3 is 15.1 Å². The monoisotopic (exact) mass is 478 g/mol. The zero-order valence-corrected chi connectivity index (χ0v) is 19.8. The molecule has 0 spiro atoms. The van der Waals surface area contributed by atoms with Crippen LogP contribution < -0.4 is 15.1 Å². The molecule has 0 bridgehead atoms. The van der Waals surface area contributed by atoms with E-state index in [0.29, 0.717) is 27.7 Å². The molecule has 3 aromatic carbocycles. The van der Waals surface area contributed by atoms with Crippen molar-refractivity contribution in [2.75, 3.05) is 35.8 Å². The molecule has 174 valence electrons. The van der Waals surface area contributed by atoms with Gasteiger partial charge in [-0.3, -0.25) is 14.6 Å². The maximum Gasteiger partial charge on any atom is 0.252 e. The first-order valence-electron chi connectivity index (χ1n) is 10.8. The summed E-state index contributed by atoms with van der Waals surface area (Å²) >= 11 is 6.26. The van der Waals surface area contributed by atoms with Crippen molar-refractivity contribution in [1.82, 2.24) is 0 Å². The number of carbonyl (C=O) groups is 2. The van der Waals surface area contributed by atoms with Gasteiger partial charge in [0.1, 0.15) is 18.4 Å². The molecule has 1 unspecified atom stereocenters. The SMILES string of the molecule is CC1N=C(c2ccccc2F)c2cc(Cl)ccc2N(CC(=O)Nc2ccc(N(C)C)cc2)C1=O. The highest BCUT2D eigenvalue weighted by molar-refractivity contribution is 6.32. The van der Waals surface area contributed by atoms with Crippen molar-refractivity contribution < 1.29 is 14.0 Å². The smallest absolute Gasteiger partial charge is 0.252 e. The van der Waals surface area contributed by atoms with Crippen molar-refractivity contribution in [2.45, 2.75) is 13.0 Å². The average Bonchev–Trinajstić information content (AvgIpc) is 2.90. The summed E-state index contributed by atoms with van der Waals surface area (Å²) in [6, 6.07) is 17.7. The maximum atomic E-state index is 14.7. The molecule has 0 saturated carbocycles. The Labute approximate surface area is 202 Å². The second-order valence-corrected chi connectivity index (χ2v) is 8.65. The summed E-state index contributed by atoms with van der Waals surface area (Å²) in [6.45, 7) is 1.40. The lowest BCUT2D eigenvalue weighted by Crippen LogP contribution is -2.42. The van der Waals surface area contributed by atoms with Gasteiger partial charge in [-0.25, -0.2) is 4.39 Å². The molecule has 6 nitrogen and oxygen atoms in total. The maximum absolute atomic E-state index is 14.7. The highest BCUT2D eigenvalue weighted by atomic mass is 35.5. The molecule has 1 aliphatic heterocycles. The summed E-state index contributed by atoms with van der Waals surface area (Å²) in [5.41, 5.74) is 3.12. The third-order valence-corrected chi connectivity index (χ3v) is 5.78. The highest BCUT2D eigenvalue weighted by Gasteiger charge is 2.31. The molecule has 1 atom stereocenters. The van der Waals surface area contributed by atoms with E-state index in [-0.39, 0.29) is 23.9 Å². The Morgan fingerprint density at radius 2 is 1.79 bits per heavy atom. The van der Waals surface area contributed by atoms with Crippen molar-refractivity contribution in [3.63, 3.8) is 0 Å². The Balaban J connectivity index is 1.68. The van der Waals surface area contributed by atoms with Crippen LogP contribution in [0.1, 0.15) is 18.1 Å². The van der Waals surface area contributed by atoms with Crippen LogP contribution in [0, 0.1) is 5.82 Å². The Bertz CT molecular complexity index is 1270. The number of hydrogen-bond donors (Lipinski definition) is 1. The lowest BCUT2D eigenvalue weighted by Gasteiger charge is -2.24. The van der Waals surface area contributed by atoms with E-state index in [1.165, 1.54) is 11.0 Å². The molecule has 0 aliphatic carbocycles. The van der Waals surface area contributed by atoms with Crippen LogP contribution in [0.25, 0.3) is 0 Å². The number of rotatable bonds is 5. The van der Waals surface area contributed by atoms with E-state index in [4.69, 9.17) is 11.6 Å². The van der Waals surface area contributed by atoms with Gasteiger partial charge >= 0.3 is 0 Å². The molecule has 0 fully saturated rings. The summed E-state index contributed by atoms with van der Waals surface area (Å²) in [7, 11) is 3.86. The van der Waals surface area contributed by atoms with Crippen LogP contribution in [0.3, 0.4) is 0 Å². The second kappa shape index (κ2) is 9.65. The van der Waals surface area contributed by atoms with Gasteiger partial charge in [-0.15, -0.1) is 0 Å². The molecule has 34 heavy (non-hydrogen) atoms. The molecule has 0 radical (unpaired) electrons. The van der Waals surface area contributed by atoms with Crippen LogP contribution >= 0.6 is 11.6 Å². The highest BCUT2D eigenvalue weighted by Crippen LogP contribution is 2.31. The molecule has 0 aromatic heterocycles. The number of nitrogens with one attached hydrogen (secondary N) is 1. The fraction of sp³-hybridized carbons (Fsp3) is 0.192. The number of nitrogens with zero attached hydrogens (tertiary/aromatic N) is 3. The fourth-order valence-corrected chi connectivity index (χ4v) is 3.99. The first kappa shape index (κ1) is 23.4. The van der Waals surface area contributed by atoms with Crippen LogP contribution in [-0.4, -0.2) is 44.2 Å². The Kier molecular flexibility index (Phi) is 6.65. The van der Waals surface area contributed by atoms with Gasteiger partial charge in [-0.2, -0.15) is 0 Å². The van der Waals surface area contributed by atoms with Gasteiger partial charge in [0, 0.05) is 41.6 Å². The number of fused-ring (bicyclic) bond motifs is 1. The first-order chi connectivity index (χ1) is 16.2. The molecule has 1 heterocycles. The number of hydrogen-bond acceptors (Lipinski definition) is 4. The van der Waals surface area contributed by atoms with Gasteiger partial charge in [0.05, 0.1) is 11.4 Å². The molecule has 3 aromatic rings. The number of halogens is 2. The number of anilines is 3. The third kappa shape index (κ3) is 4.79. The van der Waals surface area contributed by atoms with Gasteiger partial charge in [0.25, 0.3) is 5.91 Å². The van der Waals surface area contributed by atoms with Gasteiger partial charge in [-0.1, -0.05) is 23.7 Å². The minimum Gasteiger partial charge on any atom is -0.378 e. The van der Waals surface area contributed by atoms with E-state index in [1.807, 2.05) is 31.1 Å². The molecular weight excluding hydrogens is 455 g/mol. The molecule has 1 aliphatic rings. The first-order valence-corrected chi connectivity index (χ1v) is 11.1.